The van der Waals surface area contributed by atoms with Gasteiger partial charge in [0.25, 0.3) is 5.91 Å². The molecule has 1 aromatic carbocycles. The monoisotopic (exact) mass is 470 g/mol. The van der Waals surface area contributed by atoms with Crippen LogP contribution < -0.4 is 5.32 Å². The molecule has 0 aliphatic carbocycles. The first-order valence-corrected chi connectivity index (χ1v) is 11.6. The zero-order valence-electron chi connectivity index (χ0n) is 18.0. The molecule has 7 nitrogen and oxygen atoms in total. The van der Waals surface area contributed by atoms with Crippen molar-refractivity contribution in [3.8, 4) is 0 Å². The Morgan fingerprint density at radius 3 is 2.64 bits per heavy atom. The highest BCUT2D eigenvalue weighted by molar-refractivity contribution is 6.29. The molecule has 172 valence electrons. The lowest BCUT2D eigenvalue weighted by atomic mass is 9.85. The summed E-state index contributed by atoms with van der Waals surface area (Å²) in [5.74, 6) is -1.44. The van der Waals surface area contributed by atoms with E-state index < -0.39 is 17.8 Å². The highest BCUT2D eigenvalue weighted by Gasteiger charge is 2.41. The van der Waals surface area contributed by atoms with E-state index in [1.54, 1.807) is 12.1 Å². The van der Waals surface area contributed by atoms with Gasteiger partial charge in [0.15, 0.2) is 0 Å². The van der Waals surface area contributed by atoms with Crippen molar-refractivity contribution in [2.45, 2.75) is 50.7 Å². The first-order valence-electron chi connectivity index (χ1n) is 11.2. The number of nitrogens with one attached hydrogen (secondary N) is 1. The summed E-state index contributed by atoms with van der Waals surface area (Å²) in [5.41, 5.74) is 2.91. The van der Waals surface area contributed by atoms with E-state index in [-0.39, 0.29) is 37.1 Å². The van der Waals surface area contributed by atoms with Gasteiger partial charge in [-0.2, -0.15) is 0 Å². The van der Waals surface area contributed by atoms with Crippen LogP contribution in [0.25, 0.3) is 0 Å². The van der Waals surface area contributed by atoms with Crippen LogP contribution in [0.2, 0.25) is 5.15 Å². The number of amides is 3. The number of piperidine rings is 2. The molecular formula is C24H24ClFN4O3. The quantitative estimate of drug-likeness (QED) is 0.548. The Bertz CT molecular complexity index is 1130. The number of carbonyl (C=O) groups is 3. The average molecular weight is 471 g/mol. The van der Waals surface area contributed by atoms with E-state index in [1.165, 1.54) is 11.0 Å². The molecule has 2 fully saturated rings. The third kappa shape index (κ3) is 4.37. The molecule has 3 aliphatic heterocycles. The Hall–Kier alpha value is -2.84. The summed E-state index contributed by atoms with van der Waals surface area (Å²) in [6, 6.07) is 7.70. The normalized spacial score (nSPS) is 21.9. The molecule has 0 saturated carbocycles. The summed E-state index contributed by atoms with van der Waals surface area (Å²) in [5, 5.41) is 2.78. The van der Waals surface area contributed by atoms with Gasteiger partial charge in [-0.3, -0.25) is 24.6 Å². The van der Waals surface area contributed by atoms with Gasteiger partial charge in [-0.15, -0.1) is 0 Å². The van der Waals surface area contributed by atoms with Gasteiger partial charge >= 0.3 is 0 Å². The molecule has 1 aromatic heterocycles. The zero-order valence-corrected chi connectivity index (χ0v) is 18.8. The van der Waals surface area contributed by atoms with Crippen LogP contribution in [0, 0.1) is 5.82 Å². The summed E-state index contributed by atoms with van der Waals surface area (Å²) in [6.07, 6.45) is 2.15. The van der Waals surface area contributed by atoms with Crippen LogP contribution in [0.5, 0.6) is 0 Å². The number of hydrogen-bond acceptors (Lipinski definition) is 5. The molecule has 3 amide bonds. The number of halogens is 2. The molecule has 1 N–H and O–H groups in total. The second-order valence-corrected chi connectivity index (χ2v) is 9.31. The van der Waals surface area contributed by atoms with E-state index in [4.69, 9.17) is 11.6 Å². The van der Waals surface area contributed by atoms with Crippen LogP contribution in [0.1, 0.15) is 58.8 Å². The van der Waals surface area contributed by atoms with Crippen LogP contribution in [0.15, 0.2) is 30.3 Å². The van der Waals surface area contributed by atoms with Crippen LogP contribution in [-0.2, 0) is 22.7 Å². The molecule has 2 aromatic rings. The van der Waals surface area contributed by atoms with Crippen molar-refractivity contribution in [2.75, 3.05) is 13.1 Å². The molecule has 33 heavy (non-hydrogen) atoms. The Morgan fingerprint density at radius 1 is 1.12 bits per heavy atom. The predicted molar refractivity (Wildman–Crippen MR) is 119 cm³/mol. The molecule has 3 aliphatic rings. The molecule has 2 saturated heterocycles. The van der Waals surface area contributed by atoms with Gasteiger partial charge in [-0.25, -0.2) is 9.37 Å². The average Bonchev–Trinajstić information content (AvgIpc) is 3.10. The molecule has 4 heterocycles. The summed E-state index contributed by atoms with van der Waals surface area (Å²) < 4.78 is 14.5. The lowest BCUT2D eigenvalue weighted by Gasteiger charge is -2.33. The minimum atomic E-state index is -0.703. The van der Waals surface area contributed by atoms with Crippen LogP contribution in [0.4, 0.5) is 4.39 Å². The van der Waals surface area contributed by atoms with E-state index in [2.05, 4.69) is 15.2 Å². The number of fused-ring (bicyclic) bond motifs is 1. The van der Waals surface area contributed by atoms with Crippen LogP contribution in [-0.4, -0.2) is 51.6 Å². The fourth-order valence-corrected chi connectivity index (χ4v) is 5.37. The summed E-state index contributed by atoms with van der Waals surface area (Å²) >= 11 is 5.99. The fraction of sp³-hybridized carbons (Fsp3) is 0.417. The maximum absolute atomic E-state index is 14.5. The molecule has 0 radical (unpaired) electrons. The van der Waals surface area contributed by atoms with Gasteiger partial charge in [0, 0.05) is 25.1 Å². The largest absolute Gasteiger partial charge is 0.322 e. The summed E-state index contributed by atoms with van der Waals surface area (Å²) in [7, 11) is 0. The Balaban J connectivity index is 1.31. The van der Waals surface area contributed by atoms with Crippen LogP contribution in [0.3, 0.4) is 0 Å². The second-order valence-electron chi connectivity index (χ2n) is 8.92. The Morgan fingerprint density at radius 2 is 1.91 bits per heavy atom. The highest BCUT2D eigenvalue weighted by Crippen LogP contribution is 2.38. The predicted octanol–water partition coefficient (Wildman–Crippen LogP) is 3.01. The van der Waals surface area contributed by atoms with Gasteiger partial charge in [-0.1, -0.05) is 17.7 Å². The first kappa shape index (κ1) is 22.0. The number of imide groups is 1. The first-order chi connectivity index (χ1) is 15.9. The van der Waals surface area contributed by atoms with E-state index in [0.29, 0.717) is 17.3 Å². The van der Waals surface area contributed by atoms with Crippen molar-refractivity contribution in [3.05, 3.63) is 63.7 Å². The number of rotatable bonds is 4. The zero-order chi connectivity index (χ0) is 23.1. The lowest BCUT2D eigenvalue weighted by molar-refractivity contribution is -0.136. The highest BCUT2D eigenvalue weighted by atomic mass is 35.5. The van der Waals surface area contributed by atoms with Gasteiger partial charge in [-0.05, 0) is 73.7 Å². The van der Waals surface area contributed by atoms with Gasteiger partial charge in [0.05, 0.1) is 5.69 Å². The Labute approximate surface area is 195 Å². The molecule has 1 unspecified atom stereocenters. The third-order valence-electron chi connectivity index (χ3n) is 6.84. The molecule has 0 spiro atoms. The van der Waals surface area contributed by atoms with Gasteiger partial charge in [0.1, 0.15) is 17.0 Å². The maximum atomic E-state index is 14.5. The van der Waals surface area contributed by atoms with E-state index in [9.17, 15) is 18.8 Å². The molecule has 1 atom stereocenters. The number of aromatic nitrogens is 1. The van der Waals surface area contributed by atoms with Crippen molar-refractivity contribution in [1.82, 2.24) is 20.1 Å². The van der Waals surface area contributed by atoms with Crippen molar-refractivity contribution in [1.29, 1.82) is 0 Å². The van der Waals surface area contributed by atoms with Crippen molar-refractivity contribution in [2.24, 2.45) is 0 Å². The van der Waals surface area contributed by atoms with E-state index >= 15 is 0 Å². The Kier molecular flexibility index (Phi) is 5.88. The molecule has 0 bridgehead atoms. The maximum Gasteiger partial charge on any atom is 0.255 e. The minimum Gasteiger partial charge on any atom is -0.322 e. The van der Waals surface area contributed by atoms with Crippen molar-refractivity contribution >= 4 is 29.3 Å². The standard InChI is InChI=1S/C24H24ClFN4O3/c25-21-3-1-2-16(27-21)12-29-8-6-14(7-9-29)17-10-15(26)11-18-19(17)13-30(24(18)33)20-4-5-22(31)28-23(20)32/h1-3,10-11,14,20H,4-9,12-13H2,(H,28,31,32). The summed E-state index contributed by atoms with van der Waals surface area (Å²) in [6.45, 7) is 2.63. The number of likely N-dealkylation sites (tertiary alicyclic amines) is 1. The van der Waals surface area contributed by atoms with Crippen LogP contribution >= 0.6 is 11.6 Å². The van der Waals surface area contributed by atoms with Crippen molar-refractivity contribution in [3.63, 3.8) is 0 Å². The van der Waals surface area contributed by atoms with E-state index in [0.717, 1.165) is 42.8 Å². The van der Waals surface area contributed by atoms with Gasteiger partial charge in [0.2, 0.25) is 11.8 Å². The van der Waals surface area contributed by atoms with E-state index in [1.807, 2.05) is 12.1 Å². The number of pyridine rings is 1. The van der Waals surface area contributed by atoms with Crippen molar-refractivity contribution < 1.29 is 18.8 Å². The minimum absolute atomic E-state index is 0.132. The SMILES string of the molecule is O=C1CCC(N2Cc3c(cc(F)cc3C3CCN(Cc4cccc(Cl)n4)CC3)C2=O)C(=O)N1. The summed E-state index contributed by atoms with van der Waals surface area (Å²) in [4.78, 5) is 45.0. The number of benzene rings is 1. The molecule has 9 heteroatoms. The number of carbonyl (C=O) groups excluding carboxylic acids is 3. The number of hydrogen-bond donors (Lipinski definition) is 1. The fourth-order valence-electron chi connectivity index (χ4n) is 5.19. The third-order valence-corrected chi connectivity index (χ3v) is 7.05. The molecule has 5 rings (SSSR count). The molecular weight excluding hydrogens is 447 g/mol. The second kappa shape index (κ2) is 8.83. The topological polar surface area (TPSA) is 82.6 Å². The van der Waals surface area contributed by atoms with Gasteiger partial charge < -0.3 is 4.90 Å². The smallest absolute Gasteiger partial charge is 0.255 e. The lowest BCUT2D eigenvalue weighted by Crippen LogP contribution is -2.52. The number of nitrogens with zero attached hydrogens (tertiary/aromatic N) is 3.